The highest BCUT2D eigenvalue weighted by Crippen LogP contribution is 2.36. The Morgan fingerprint density at radius 1 is 1.12 bits per heavy atom. The number of cyclic esters (lactones) is 1. The van der Waals surface area contributed by atoms with Gasteiger partial charge in [0.15, 0.2) is 15.1 Å². The zero-order chi connectivity index (χ0) is 23.7. The monoisotopic (exact) mass is 473 g/mol. The summed E-state index contributed by atoms with van der Waals surface area (Å²) < 4.78 is 85.0. The molecular formula is C21H19F4NO5S. The van der Waals surface area contributed by atoms with Gasteiger partial charge in [0.1, 0.15) is 12.4 Å². The van der Waals surface area contributed by atoms with E-state index < -0.39 is 55.9 Å². The molecule has 0 aromatic heterocycles. The molecule has 0 saturated carbocycles. The van der Waals surface area contributed by atoms with Crippen molar-refractivity contribution < 1.29 is 40.3 Å². The fraction of sp³-hybridized carbons (Fsp3) is 0.333. The molecule has 0 spiro atoms. The molecular weight excluding hydrogens is 454 g/mol. The van der Waals surface area contributed by atoms with Gasteiger partial charge in [-0.25, -0.2) is 22.5 Å². The van der Waals surface area contributed by atoms with E-state index in [-0.39, 0.29) is 13.0 Å². The first-order valence-electron chi connectivity index (χ1n) is 9.53. The summed E-state index contributed by atoms with van der Waals surface area (Å²) in [5, 5.41) is -2.66. The number of carbonyl (C=O) groups is 2. The Kier molecular flexibility index (Phi) is 6.59. The summed E-state index contributed by atoms with van der Waals surface area (Å²) in [5.74, 6) is -4.99. The molecule has 0 N–H and O–H groups in total. The van der Waals surface area contributed by atoms with E-state index in [1.165, 1.54) is 0 Å². The first kappa shape index (κ1) is 23.7. The number of amides is 2. The number of imide groups is 1. The number of hydrogen-bond acceptors (Lipinski definition) is 5. The molecule has 0 aliphatic carbocycles. The zero-order valence-electron chi connectivity index (χ0n) is 16.8. The van der Waals surface area contributed by atoms with E-state index in [4.69, 9.17) is 4.74 Å². The van der Waals surface area contributed by atoms with Gasteiger partial charge in [-0.1, -0.05) is 37.3 Å². The van der Waals surface area contributed by atoms with Crippen LogP contribution in [0.1, 0.15) is 12.5 Å². The van der Waals surface area contributed by atoms with Gasteiger partial charge in [-0.2, -0.15) is 13.2 Å². The maximum Gasteiger partial charge on any atom is 0.417 e. The number of hydrogen-bond donors (Lipinski definition) is 0. The van der Waals surface area contributed by atoms with Gasteiger partial charge in [0.05, 0.1) is 16.9 Å². The number of alkyl halides is 3. The molecule has 1 aliphatic heterocycles. The Balaban J connectivity index is 2.02. The normalized spacial score (nSPS) is 18.8. The first-order chi connectivity index (χ1) is 14.9. The Labute approximate surface area is 181 Å². The highest BCUT2D eigenvalue weighted by Gasteiger charge is 2.54. The van der Waals surface area contributed by atoms with Crippen LogP contribution in [0.3, 0.4) is 0 Å². The van der Waals surface area contributed by atoms with Gasteiger partial charge in [0, 0.05) is 0 Å². The summed E-state index contributed by atoms with van der Waals surface area (Å²) in [6.07, 6.45) is -6.21. The van der Waals surface area contributed by atoms with E-state index in [9.17, 15) is 35.6 Å². The van der Waals surface area contributed by atoms with Gasteiger partial charge in [0.2, 0.25) is 0 Å². The second kappa shape index (κ2) is 8.89. The summed E-state index contributed by atoms with van der Waals surface area (Å²) in [4.78, 5) is 25.2. The van der Waals surface area contributed by atoms with Crippen molar-refractivity contribution in [2.45, 2.75) is 35.7 Å². The molecule has 32 heavy (non-hydrogen) atoms. The minimum atomic E-state index is -5.06. The largest absolute Gasteiger partial charge is 0.447 e. The van der Waals surface area contributed by atoms with Crippen molar-refractivity contribution in [1.82, 2.24) is 4.90 Å². The molecule has 0 unspecified atom stereocenters. The molecule has 1 aliphatic rings. The molecule has 3 rings (SSSR count). The molecule has 6 nitrogen and oxygen atoms in total. The van der Waals surface area contributed by atoms with Crippen molar-refractivity contribution in [2.75, 3.05) is 6.61 Å². The van der Waals surface area contributed by atoms with Crippen LogP contribution in [0, 0.1) is 11.7 Å². The predicted molar refractivity (Wildman–Crippen MR) is 105 cm³/mol. The van der Waals surface area contributed by atoms with E-state index in [0.717, 1.165) is 24.3 Å². The molecule has 11 heteroatoms. The van der Waals surface area contributed by atoms with E-state index in [0.29, 0.717) is 17.4 Å². The SMILES string of the molecule is C[C@H]([C@@H](C(=O)N1C(=O)OC[C@@H]1Cc1ccccc1)S(=O)(=O)c1ccc(F)cc1)C(F)(F)F. The molecule has 2 amide bonds. The van der Waals surface area contributed by atoms with Crippen molar-refractivity contribution in [3.63, 3.8) is 0 Å². The average molecular weight is 473 g/mol. The number of halogens is 4. The van der Waals surface area contributed by atoms with Gasteiger partial charge in [-0.3, -0.25) is 4.79 Å². The molecule has 2 aromatic carbocycles. The number of ether oxygens (including phenoxy) is 1. The Morgan fingerprint density at radius 3 is 2.28 bits per heavy atom. The van der Waals surface area contributed by atoms with Crippen LogP contribution in [-0.4, -0.2) is 49.4 Å². The number of carbonyl (C=O) groups excluding carboxylic acids is 2. The van der Waals surface area contributed by atoms with E-state index >= 15 is 0 Å². The van der Waals surface area contributed by atoms with Crippen LogP contribution in [0.5, 0.6) is 0 Å². The lowest BCUT2D eigenvalue weighted by Gasteiger charge is -2.29. The lowest BCUT2D eigenvalue weighted by Crippen LogP contribution is -2.53. The quantitative estimate of drug-likeness (QED) is 0.472. The smallest absolute Gasteiger partial charge is 0.417 e. The third kappa shape index (κ3) is 4.77. The Morgan fingerprint density at radius 2 is 1.72 bits per heavy atom. The Hall–Kier alpha value is -2.95. The van der Waals surface area contributed by atoms with Crippen LogP contribution in [0.4, 0.5) is 22.4 Å². The van der Waals surface area contributed by atoms with Gasteiger partial charge in [0.25, 0.3) is 5.91 Å². The lowest BCUT2D eigenvalue weighted by atomic mass is 10.0. The maximum absolute atomic E-state index is 13.6. The Bertz CT molecular complexity index is 1090. The molecule has 1 fully saturated rings. The fourth-order valence-electron chi connectivity index (χ4n) is 3.46. The van der Waals surface area contributed by atoms with Gasteiger partial charge in [-0.05, 0) is 36.2 Å². The number of rotatable bonds is 6. The fourth-order valence-corrected chi connectivity index (χ4v) is 5.34. The molecule has 3 atom stereocenters. The summed E-state index contributed by atoms with van der Waals surface area (Å²) in [7, 11) is -4.94. The number of benzene rings is 2. The third-order valence-corrected chi connectivity index (χ3v) is 7.41. The zero-order valence-corrected chi connectivity index (χ0v) is 17.6. The summed E-state index contributed by atoms with van der Waals surface area (Å²) in [6, 6.07) is 10.6. The minimum Gasteiger partial charge on any atom is -0.447 e. The van der Waals surface area contributed by atoms with Crippen molar-refractivity contribution in [3.05, 3.63) is 66.0 Å². The second-order valence-electron chi connectivity index (χ2n) is 7.38. The standard InChI is InChI=1S/C21H19F4NO5S/c1-13(21(23,24)25)18(32(29,30)17-9-7-15(22)8-10-17)19(27)26-16(12-31-20(26)28)11-14-5-3-2-4-6-14/h2-10,13,16,18H,11-12H2,1H3/t13-,16+,18+/m1/s1. The highest BCUT2D eigenvalue weighted by atomic mass is 32.2. The van der Waals surface area contributed by atoms with Gasteiger partial charge in [-0.15, -0.1) is 0 Å². The summed E-state index contributed by atoms with van der Waals surface area (Å²) >= 11 is 0. The van der Waals surface area contributed by atoms with Crippen molar-refractivity contribution >= 4 is 21.8 Å². The molecule has 1 heterocycles. The summed E-state index contributed by atoms with van der Waals surface area (Å²) in [5.41, 5.74) is 0.676. The predicted octanol–water partition coefficient (Wildman–Crippen LogP) is 3.76. The molecule has 2 aromatic rings. The van der Waals surface area contributed by atoms with Gasteiger partial charge < -0.3 is 4.74 Å². The van der Waals surface area contributed by atoms with Crippen LogP contribution in [0.15, 0.2) is 59.5 Å². The van der Waals surface area contributed by atoms with Crippen LogP contribution in [0.2, 0.25) is 0 Å². The van der Waals surface area contributed by atoms with Crippen LogP contribution in [-0.2, 0) is 25.8 Å². The van der Waals surface area contributed by atoms with Gasteiger partial charge >= 0.3 is 12.3 Å². The average Bonchev–Trinajstić information content (AvgIpc) is 3.08. The van der Waals surface area contributed by atoms with Crippen LogP contribution < -0.4 is 0 Å². The molecule has 172 valence electrons. The van der Waals surface area contributed by atoms with E-state index in [1.807, 2.05) is 0 Å². The first-order valence-corrected chi connectivity index (χ1v) is 11.1. The minimum absolute atomic E-state index is 0.0715. The molecule has 0 bridgehead atoms. The second-order valence-corrected chi connectivity index (χ2v) is 9.45. The van der Waals surface area contributed by atoms with Crippen molar-refractivity contribution in [3.8, 4) is 0 Å². The van der Waals surface area contributed by atoms with E-state index in [1.54, 1.807) is 30.3 Å². The molecule has 1 saturated heterocycles. The number of nitrogens with zero attached hydrogens (tertiary/aromatic N) is 1. The third-order valence-electron chi connectivity index (χ3n) is 5.20. The highest BCUT2D eigenvalue weighted by molar-refractivity contribution is 7.92. The summed E-state index contributed by atoms with van der Waals surface area (Å²) in [6.45, 7) is 0.264. The van der Waals surface area contributed by atoms with Crippen molar-refractivity contribution in [2.24, 2.45) is 5.92 Å². The van der Waals surface area contributed by atoms with Crippen LogP contribution in [0.25, 0.3) is 0 Å². The topological polar surface area (TPSA) is 80.8 Å². The van der Waals surface area contributed by atoms with Crippen molar-refractivity contribution in [1.29, 1.82) is 0 Å². The number of sulfone groups is 1. The van der Waals surface area contributed by atoms with E-state index in [2.05, 4.69) is 0 Å². The van der Waals surface area contributed by atoms with Crippen LogP contribution >= 0.6 is 0 Å². The molecule has 0 radical (unpaired) electrons. The maximum atomic E-state index is 13.6. The lowest BCUT2D eigenvalue weighted by molar-refractivity contribution is -0.174.